The minimum atomic E-state index is -4.43. The average Bonchev–Trinajstić information content (AvgIpc) is 3.49. The van der Waals surface area contributed by atoms with Crippen molar-refractivity contribution in [3.8, 4) is 5.75 Å². The average molecular weight is 652 g/mol. The fraction of sp³-hybridized carbons (Fsp3) is 0.519. The first-order chi connectivity index (χ1) is 21.3. The van der Waals surface area contributed by atoms with Crippen LogP contribution in [0.1, 0.15) is 45.9 Å². The summed E-state index contributed by atoms with van der Waals surface area (Å²) < 4.78 is 43.1. The second-order valence-corrected chi connectivity index (χ2v) is 12.1. The summed E-state index contributed by atoms with van der Waals surface area (Å²) in [5, 5.41) is 24.9. The van der Waals surface area contributed by atoms with Crippen LogP contribution in [0.4, 0.5) is 11.8 Å². The third-order valence-corrected chi connectivity index (χ3v) is 8.60. The molecule has 246 valence electrons. The van der Waals surface area contributed by atoms with E-state index in [0.29, 0.717) is 5.56 Å². The number of anilines is 2. The number of rotatable bonds is 14. The minimum Gasteiger partial charge on any atom is -0.466 e. The molecule has 6 atom stereocenters. The van der Waals surface area contributed by atoms with Crippen molar-refractivity contribution >= 4 is 42.6 Å². The number of nitrogens with zero attached hydrogens (tertiary/aromatic N) is 4. The van der Waals surface area contributed by atoms with E-state index in [1.807, 2.05) is 0 Å². The zero-order chi connectivity index (χ0) is 32.9. The van der Waals surface area contributed by atoms with Gasteiger partial charge in [0, 0.05) is 6.42 Å². The van der Waals surface area contributed by atoms with Crippen LogP contribution in [0.2, 0.25) is 0 Å². The molecule has 1 aliphatic rings. The summed E-state index contributed by atoms with van der Waals surface area (Å²) in [6.45, 7) is 5.81. The SMILES string of the molecule is CCOC(=O)CCc1ccccc1O[P@@](=O)(NC(C)C(=O)OCC)OC[C@H]1O[C@@H](n2cnc3c(N)nc(N)nc32)C(C)(O)C1O. The highest BCUT2D eigenvalue weighted by atomic mass is 31.2. The van der Waals surface area contributed by atoms with Crippen LogP contribution in [0.3, 0.4) is 0 Å². The maximum Gasteiger partial charge on any atom is 0.459 e. The predicted octanol–water partition coefficient (Wildman–Crippen LogP) is 1.24. The van der Waals surface area contributed by atoms with E-state index in [2.05, 4.69) is 20.0 Å². The molecule has 1 saturated heterocycles. The van der Waals surface area contributed by atoms with Gasteiger partial charge in [-0.3, -0.25) is 18.7 Å². The molecule has 0 saturated carbocycles. The molecule has 7 N–H and O–H groups in total. The van der Waals surface area contributed by atoms with Crippen LogP contribution < -0.4 is 21.1 Å². The molecule has 0 aliphatic carbocycles. The molecule has 2 aromatic heterocycles. The Kier molecular flexibility index (Phi) is 10.6. The number of para-hydroxylation sites is 1. The molecule has 0 spiro atoms. The standard InChI is InChI=1S/C27H38N7O10P/c1-5-40-19(35)12-11-16-9-7-8-10-17(16)44-45(39,33-15(3)24(37)41-6-2)42-13-18-21(36)27(4,38)25(43-18)34-14-30-20-22(28)31-26(29)32-23(20)34/h7-10,14-15,18,21,25,36,38H,5-6,11-13H2,1-4H3,(H,33,39)(H4,28,29,31,32)/t15?,18-,21?,25-,27?,45-/m1/s1. The van der Waals surface area contributed by atoms with Crippen LogP contribution in [-0.4, -0.2) is 85.3 Å². The number of fused-ring (bicyclic) bond motifs is 1. The van der Waals surface area contributed by atoms with E-state index in [-0.39, 0.29) is 54.7 Å². The van der Waals surface area contributed by atoms with Gasteiger partial charge < -0.3 is 40.4 Å². The Morgan fingerprint density at radius 3 is 2.62 bits per heavy atom. The molecule has 0 amide bonds. The molecule has 3 heterocycles. The highest BCUT2D eigenvalue weighted by Crippen LogP contribution is 2.48. The van der Waals surface area contributed by atoms with Gasteiger partial charge in [0.25, 0.3) is 0 Å². The summed E-state index contributed by atoms with van der Waals surface area (Å²) in [4.78, 5) is 36.5. The zero-order valence-electron chi connectivity index (χ0n) is 25.3. The summed E-state index contributed by atoms with van der Waals surface area (Å²) in [6, 6.07) is 5.41. The number of imidazole rings is 1. The summed E-state index contributed by atoms with van der Waals surface area (Å²) in [6.07, 6.45) is -2.53. The number of nitrogen functional groups attached to an aromatic ring is 2. The molecule has 4 rings (SSSR count). The zero-order valence-corrected chi connectivity index (χ0v) is 26.2. The van der Waals surface area contributed by atoms with E-state index >= 15 is 0 Å². The molecule has 0 radical (unpaired) electrons. The van der Waals surface area contributed by atoms with E-state index in [9.17, 15) is 24.4 Å². The third kappa shape index (κ3) is 7.69. The van der Waals surface area contributed by atoms with Crippen molar-refractivity contribution < 1.29 is 47.6 Å². The number of aryl methyl sites for hydroxylation is 1. The summed E-state index contributed by atoms with van der Waals surface area (Å²) in [7, 11) is -4.43. The largest absolute Gasteiger partial charge is 0.466 e. The van der Waals surface area contributed by atoms with Gasteiger partial charge in [-0.25, -0.2) is 9.55 Å². The molecule has 1 aromatic carbocycles. The normalized spacial score (nSPS) is 23.4. The number of carbonyl (C=O) groups is 2. The topological polar surface area (TPSA) is 245 Å². The Bertz CT molecular complexity index is 1570. The van der Waals surface area contributed by atoms with Gasteiger partial charge in [0.1, 0.15) is 35.1 Å². The van der Waals surface area contributed by atoms with Crippen molar-refractivity contribution in [2.24, 2.45) is 0 Å². The lowest BCUT2D eigenvalue weighted by Gasteiger charge is -2.27. The Hall–Kier alpha value is -3.86. The van der Waals surface area contributed by atoms with Crippen LogP contribution >= 0.6 is 7.75 Å². The van der Waals surface area contributed by atoms with Crippen LogP contribution in [0.15, 0.2) is 30.6 Å². The van der Waals surface area contributed by atoms with E-state index in [1.54, 1.807) is 32.0 Å². The Morgan fingerprint density at radius 2 is 1.91 bits per heavy atom. The number of aliphatic hydroxyl groups excluding tert-OH is 1. The first-order valence-electron chi connectivity index (χ1n) is 14.2. The van der Waals surface area contributed by atoms with Gasteiger partial charge >= 0.3 is 19.7 Å². The minimum absolute atomic E-state index is 0.0109. The molecular formula is C27H38N7O10P. The molecule has 17 nitrogen and oxygen atoms in total. The van der Waals surface area contributed by atoms with Crippen LogP contribution in [0.5, 0.6) is 5.75 Å². The highest BCUT2D eigenvalue weighted by Gasteiger charge is 2.54. The van der Waals surface area contributed by atoms with Gasteiger partial charge in [0.2, 0.25) is 5.95 Å². The number of hydrogen-bond donors (Lipinski definition) is 5. The molecule has 3 aromatic rings. The van der Waals surface area contributed by atoms with E-state index in [1.165, 1.54) is 30.8 Å². The number of nitrogens with one attached hydrogen (secondary N) is 1. The second kappa shape index (κ2) is 14.1. The van der Waals surface area contributed by atoms with Crippen molar-refractivity contribution in [2.45, 2.75) is 70.6 Å². The van der Waals surface area contributed by atoms with Gasteiger partial charge in [0.05, 0.1) is 26.1 Å². The molecule has 0 bridgehead atoms. The number of carbonyl (C=O) groups excluding carboxylic acids is 2. The Labute approximate surface area is 258 Å². The molecular weight excluding hydrogens is 613 g/mol. The van der Waals surface area contributed by atoms with Gasteiger partial charge in [0.15, 0.2) is 17.7 Å². The summed E-state index contributed by atoms with van der Waals surface area (Å²) in [5.74, 6) is -1.14. The van der Waals surface area contributed by atoms with E-state index in [4.69, 9.17) is 34.7 Å². The molecule has 1 fully saturated rings. The highest BCUT2D eigenvalue weighted by molar-refractivity contribution is 7.52. The lowest BCUT2D eigenvalue weighted by molar-refractivity contribution is -0.145. The number of nitrogens with two attached hydrogens (primary N) is 2. The number of ether oxygens (including phenoxy) is 3. The number of esters is 2. The first kappa shape index (κ1) is 34.0. The van der Waals surface area contributed by atoms with Gasteiger partial charge in [-0.05, 0) is 45.7 Å². The fourth-order valence-electron chi connectivity index (χ4n) is 4.72. The van der Waals surface area contributed by atoms with Crippen LogP contribution in [-0.2, 0) is 39.3 Å². The van der Waals surface area contributed by atoms with Crippen molar-refractivity contribution in [2.75, 3.05) is 31.3 Å². The van der Waals surface area contributed by atoms with E-state index < -0.39 is 56.4 Å². The molecule has 45 heavy (non-hydrogen) atoms. The Morgan fingerprint density at radius 1 is 1.20 bits per heavy atom. The van der Waals surface area contributed by atoms with Crippen molar-refractivity contribution in [1.29, 1.82) is 0 Å². The first-order valence-corrected chi connectivity index (χ1v) is 15.8. The number of aliphatic hydroxyl groups is 2. The van der Waals surface area contributed by atoms with Crippen LogP contribution in [0, 0.1) is 0 Å². The monoisotopic (exact) mass is 651 g/mol. The number of hydrogen-bond acceptors (Lipinski definition) is 15. The second-order valence-electron chi connectivity index (χ2n) is 10.4. The van der Waals surface area contributed by atoms with E-state index in [0.717, 1.165) is 0 Å². The Balaban J connectivity index is 1.57. The summed E-state index contributed by atoms with van der Waals surface area (Å²) >= 11 is 0. The summed E-state index contributed by atoms with van der Waals surface area (Å²) in [5.41, 5.74) is 10.6. The maximum absolute atomic E-state index is 14.2. The molecule has 18 heteroatoms. The lowest BCUT2D eigenvalue weighted by Crippen LogP contribution is -2.44. The lowest BCUT2D eigenvalue weighted by atomic mass is 9.96. The fourth-order valence-corrected chi connectivity index (χ4v) is 6.26. The maximum atomic E-state index is 14.2. The van der Waals surface area contributed by atoms with Crippen molar-refractivity contribution in [1.82, 2.24) is 24.6 Å². The molecule has 1 aliphatic heterocycles. The smallest absolute Gasteiger partial charge is 0.459 e. The quantitative estimate of drug-likeness (QED) is 0.122. The molecule has 3 unspecified atom stereocenters. The predicted molar refractivity (Wildman–Crippen MR) is 160 cm³/mol. The van der Waals surface area contributed by atoms with Gasteiger partial charge in [-0.15, -0.1) is 0 Å². The number of aromatic nitrogens is 4. The number of benzene rings is 1. The van der Waals surface area contributed by atoms with Gasteiger partial charge in [-0.1, -0.05) is 18.2 Å². The van der Waals surface area contributed by atoms with Crippen molar-refractivity contribution in [3.05, 3.63) is 36.2 Å². The van der Waals surface area contributed by atoms with Crippen molar-refractivity contribution in [3.63, 3.8) is 0 Å². The third-order valence-electron chi connectivity index (χ3n) is 6.97. The van der Waals surface area contributed by atoms with Gasteiger partial charge in [-0.2, -0.15) is 15.1 Å². The van der Waals surface area contributed by atoms with Crippen LogP contribution in [0.25, 0.3) is 11.2 Å².